The minimum atomic E-state index is -0.236. The van der Waals surface area contributed by atoms with Gasteiger partial charge in [0, 0.05) is 25.9 Å². The first kappa shape index (κ1) is 17.5. The summed E-state index contributed by atoms with van der Waals surface area (Å²) in [5.41, 5.74) is 6.32. The van der Waals surface area contributed by atoms with Crippen molar-refractivity contribution in [2.75, 3.05) is 5.32 Å². The second-order valence-electron chi connectivity index (χ2n) is 6.32. The maximum absolute atomic E-state index is 13.6. The van der Waals surface area contributed by atoms with Gasteiger partial charge in [-0.1, -0.05) is 18.2 Å². The molecule has 2 heterocycles. The fraction of sp³-hybridized carbons (Fsp3) is 0.150. The molecule has 26 heavy (non-hydrogen) atoms. The Morgan fingerprint density at radius 1 is 1.12 bits per heavy atom. The average molecular weight is 477 g/mol. The molecule has 3 nitrogen and oxygen atoms in total. The first-order valence-electron chi connectivity index (χ1n) is 8.21. The Morgan fingerprint density at radius 3 is 2.54 bits per heavy atom. The van der Waals surface area contributed by atoms with Crippen LogP contribution in [0.2, 0.25) is 0 Å². The van der Waals surface area contributed by atoms with Gasteiger partial charge in [0.15, 0.2) is 4.96 Å². The minimum absolute atomic E-state index is 0.236. The summed E-state index contributed by atoms with van der Waals surface area (Å²) in [5, 5.41) is 5.70. The van der Waals surface area contributed by atoms with E-state index in [1.807, 2.05) is 0 Å². The zero-order valence-corrected chi connectivity index (χ0v) is 17.6. The Bertz CT molecular complexity index is 1110. The van der Waals surface area contributed by atoms with Crippen LogP contribution in [0.3, 0.4) is 0 Å². The highest BCUT2D eigenvalue weighted by Gasteiger charge is 2.20. The first-order chi connectivity index (χ1) is 12.5. The molecule has 6 heteroatoms. The van der Waals surface area contributed by atoms with Gasteiger partial charge in [-0.05, 0) is 72.7 Å². The van der Waals surface area contributed by atoms with Crippen molar-refractivity contribution < 1.29 is 4.39 Å². The molecule has 2 aromatic carbocycles. The number of hydrogen-bond acceptors (Lipinski definition) is 3. The monoisotopic (exact) mass is 477 g/mol. The van der Waals surface area contributed by atoms with Crippen molar-refractivity contribution in [3.63, 3.8) is 0 Å². The van der Waals surface area contributed by atoms with E-state index in [2.05, 4.69) is 76.7 Å². The molecular weight excluding hydrogens is 460 g/mol. The fourth-order valence-corrected chi connectivity index (χ4v) is 4.71. The zero-order valence-electron chi connectivity index (χ0n) is 14.6. The molecule has 0 spiro atoms. The summed E-state index contributed by atoms with van der Waals surface area (Å²) in [4.78, 5) is 5.76. The predicted molar refractivity (Wildman–Crippen MR) is 115 cm³/mol. The van der Waals surface area contributed by atoms with Crippen LogP contribution in [0.1, 0.15) is 16.8 Å². The lowest BCUT2D eigenvalue weighted by Gasteiger charge is -2.14. The van der Waals surface area contributed by atoms with Crippen LogP contribution in [0.4, 0.5) is 15.9 Å². The van der Waals surface area contributed by atoms with Crippen LogP contribution in [0, 0.1) is 30.2 Å². The summed E-state index contributed by atoms with van der Waals surface area (Å²) in [5.74, 6) is 0.681. The van der Waals surface area contributed by atoms with Crippen LogP contribution in [-0.2, 0) is 0 Å². The Morgan fingerprint density at radius 2 is 1.85 bits per heavy atom. The molecule has 4 aromatic rings. The van der Waals surface area contributed by atoms with Gasteiger partial charge in [0.25, 0.3) is 0 Å². The van der Waals surface area contributed by atoms with Crippen molar-refractivity contribution in [2.24, 2.45) is 0 Å². The van der Waals surface area contributed by atoms with E-state index in [9.17, 15) is 4.39 Å². The Kier molecular flexibility index (Phi) is 4.48. The number of benzene rings is 2. The third-order valence-corrected chi connectivity index (χ3v) is 6.28. The molecule has 0 aliphatic rings. The van der Waals surface area contributed by atoms with E-state index in [1.165, 1.54) is 17.2 Å². The number of anilines is 2. The fourth-order valence-electron chi connectivity index (χ4n) is 3.11. The number of imidazole rings is 1. The van der Waals surface area contributed by atoms with Gasteiger partial charge >= 0.3 is 0 Å². The second kappa shape index (κ2) is 6.66. The first-order valence-corrected chi connectivity index (χ1v) is 10.2. The van der Waals surface area contributed by atoms with Crippen molar-refractivity contribution in [1.82, 2.24) is 9.38 Å². The van der Waals surface area contributed by atoms with E-state index in [1.54, 1.807) is 23.5 Å². The molecule has 0 aliphatic carbocycles. The molecule has 0 unspecified atom stereocenters. The van der Waals surface area contributed by atoms with E-state index in [-0.39, 0.29) is 5.82 Å². The van der Waals surface area contributed by atoms with Crippen LogP contribution in [-0.4, -0.2) is 9.38 Å². The molecule has 0 aliphatic heterocycles. The summed E-state index contributed by atoms with van der Waals surface area (Å²) >= 11 is 3.78. The minimum Gasteiger partial charge on any atom is -0.339 e. The molecule has 0 amide bonds. The number of aryl methyl sites for hydroxylation is 3. The number of para-hydroxylation sites is 1. The molecule has 0 bridgehead atoms. The summed E-state index contributed by atoms with van der Waals surface area (Å²) < 4.78 is 16.6. The summed E-state index contributed by atoms with van der Waals surface area (Å²) in [6.07, 6.45) is 0. The number of aromatic nitrogens is 2. The highest BCUT2D eigenvalue weighted by atomic mass is 127. The van der Waals surface area contributed by atoms with Crippen molar-refractivity contribution in [3.05, 3.63) is 68.0 Å². The van der Waals surface area contributed by atoms with Crippen LogP contribution in [0.15, 0.2) is 41.8 Å². The number of nitrogens with zero attached hydrogens (tertiary/aromatic N) is 2. The molecule has 0 saturated carbocycles. The van der Waals surface area contributed by atoms with Crippen molar-refractivity contribution in [3.8, 4) is 11.3 Å². The van der Waals surface area contributed by atoms with Gasteiger partial charge in [0.1, 0.15) is 17.3 Å². The molecule has 1 N–H and O–H groups in total. The molecule has 0 saturated heterocycles. The quantitative estimate of drug-likeness (QED) is 0.343. The second-order valence-corrected chi connectivity index (χ2v) is 8.32. The normalized spacial score (nSPS) is 11.3. The van der Waals surface area contributed by atoms with Crippen LogP contribution < -0.4 is 5.32 Å². The van der Waals surface area contributed by atoms with E-state index >= 15 is 0 Å². The highest BCUT2D eigenvalue weighted by molar-refractivity contribution is 14.1. The maximum atomic E-state index is 13.6. The lowest BCUT2D eigenvalue weighted by atomic mass is 10.1. The highest BCUT2D eigenvalue weighted by Crippen LogP contribution is 2.37. The van der Waals surface area contributed by atoms with Crippen LogP contribution in [0.25, 0.3) is 16.2 Å². The summed E-state index contributed by atoms with van der Waals surface area (Å²) in [6.45, 7) is 6.26. The third-order valence-electron chi connectivity index (χ3n) is 4.45. The number of thiazole rings is 1. The van der Waals surface area contributed by atoms with Crippen LogP contribution >= 0.6 is 33.9 Å². The van der Waals surface area contributed by atoms with Gasteiger partial charge < -0.3 is 5.32 Å². The topological polar surface area (TPSA) is 29.3 Å². The predicted octanol–water partition coefficient (Wildman–Crippen LogP) is 6.48. The lowest BCUT2D eigenvalue weighted by Crippen LogP contribution is -2.01. The molecule has 2 aromatic heterocycles. The smallest absolute Gasteiger partial charge is 0.196 e. The largest absolute Gasteiger partial charge is 0.339 e. The van der Waals surface area contributed by atoms with Gasteiger partial charge in [0.2, 0.25) is 0 Å². The summed E-state index contributed by atoms with van der Waals surface area (Å²) in [6, 6.07) is 11.1. The Hall–Kier alpha value is -1.93. The molecule has 4 rings (SSSR count). The van der Waals surface area contributed by atoms with Gasteiger partial charge in [-0.2, -0.15) is 0 Å². The number of hydrogen-bond donors (Lipinski definition) is 1. The molecule has 0 atom stereocenters. The molecule has 132 valence electrons. The average Bonchev–Trinajstić information content (AvgIpc) is 3.12. The van der Waals surface area contributed by atoms with E-state index in [4.69, 9.17) is 4.98 Å². The van der Waals surface area contributed by atoms with Crippen molar-refractivity contribution >= 4 is 50.4 Å². The van der Waals surface area contributed by atoms with Crippen molar-refractivity contribution in [1.29, 1.82) is 0 Å². The van der Waals surface area contributed by atoms with Gasteiger partial charge in [-0.15, -0.1) is 11.3 Å². The molecular formula is C20H17FIN3S. The summed E-state index contributed by atoms with van der Waals surface area (Å²) in [7, 11) is 0. The Balaban J connectivity index is 1.96. The SMILES string of the molecule is Cc1cccc(C)c1Nc1c(-c2ccc(F)cc2I)nc2scc(C)n12. The van der Waals surface area contributed by atoms with Crippen LogP contribution in [0.5, 0.6) is 0 Å². The maximum Gasteiger partial charge on any atom is 0.196 e. The van der Waals surface area contributed by atoms with Crippen molar-refractivity contribution in [2.45, 2.75) is 20.8 Å². The number of halogens is 2. The van der Waals surface area contributed by atoms with E-state index in [0.29, 0.717) is 0 Å². The molecule has 0 radical (unpaired) electrons. The van der Waals surface area contributed by atoms with Gasteiger partial charge in [-0.3, -0.25) is 4.40 Å². The number of nitrogens with one attached hydrogen (secondary N) is 1. The number of fused-ring (bicyclic) bond motifs is 1. The zero-order chi connectivity index (χ0) is 18.4. The van der Waals surface area contributed by atoms with E-state index in [0.717, 1.165) is 37.0 Å². The number of rotatable bonds is 3. The Labute approximate surface area is 169 Å². The van der Waals surface area contributed by atoms with E-state index < -0.39 is 0 Å². The third kappa shape index (κ3) is 2.91. The standard InChI is InChI=1S/C20H17FIN3S/c1-11-5-4-6-12(2)17(11)23-19-18(15-8-7-14(21)9-16(15)22)24-20-25(19)13(3)10-26-20/h4-10,23H,1-3H3. The van der Waals surface area contributed by atoms with Gasteiger partial charge in [-0.25, -0.2) is 9.37 Å². The molecule has 0 fully saturated rings. The van der Waals surface area contributed by atoms with Gasteiger partial charge in [0.05, 0.1) is 0 Å². The lowest BCUT2D eigenvalue weighted by molar-refractivity contribution is 0.627.